The van der Waals surface area contributed by atoms with Crippen LogP contribution in [0.1, 0.15) is 42.2 Å². The normalized spacial score (nSPS) is 11.7. The number of rotatable bonds is 9. The van der Waals surface area contributed by atoms with E-state index >= 15 is 0 Å². The number of carboxylic acids is 2. The topological polar surface area (TPSA) is 178 Å². The maximum Gasteiger partial charge on any atom is 0.417 e. The maximum atomic E-state index is 13.6. The Bertz CT molecular complexity index is 1950. The molecule has 0 aliphatic carbocycles. The van der Waals surface area contributed by atoms with Gasteiger partial charge >= 0.3 is 24.3 Å². The molecule has 3 N–H and O–H groups in total. The number of pyridine rings is 1. The van der Waals surface area contributed by atoms with Crippen LogP contribution in [0.15, 0.2) is 73.6 Å². The van der Waals surface area contributed by atoms with Crippen molar-refractivity contribution in [1.29, 1.82) is 0 Å². The largest absolute Gasteiger partial charge is 0.478 e. The van der Waals surface area contributed by atoms with Gasteiger partial charge in [0.25, 0.3) is 5.91 Å². The quantitative estimate of drug-likeness (QED) is 0.144. The number of nitrogens with one attached hydrogen (secondary N) is 1. The van der Waals surface area contributed by atoms with E-state index in [0.717, 1.165) is 33.6 Å². The lowest BCUT2D eigenvalue weighted by molar-refractivity contribution is -0.138. The Hall–Kier alpha value is -6.40. The first-order valence-corrected chi connectivity index (χ1v) is 13.2. The minimum atomic E-state index is -5.00. The smallest absolute Gasteiger partial charge is 0.417 e. The molecule has 13 nitrogen and oxygen atoms in total. The van der Waals surface area contributed by atoms with Gasteiger partial charge in [-0.05, 0) is 48.5 Å². The van der Waals surface area contributed by atoms with Crippen LogP contribution >= 0.6 is 0 Å². The molecule has 0 saturated heterocycles. The molecule has 0 bridgehead atoms. The fourth-order valence-corrected chi connectivity index (χ4v) is 4.40. The third-order valence-corrected chi connectivity index (χ3v) is 6.61. The van der Waals surface area contributed by atoms with Crippen LogP contribution in [0, 0.1) is 0 Å². The molecule has 246 valence electrons. The van der Waals surface area contributed by atoms with Crippen LogP contribution in [0.2, 0.25) is 0 Å². The molecule has 0 radical (unpaired) electrons. The summed E-state index contributed by atoms with van der Waals surface area (Å²) in [6.45, 7) is 3.59. The van der Waals surface area contributed by atoms with Crippen LogP contribution in [0.25, 0.3) is 34.2 Å². The van der Waals surface area contributed by atoms with Crippen molar-refractivity contribution in [2.24, 2.45) is 0 Å². The Balaban J connectivity index is 1.57. The summed E-state index contributed by atoms with van der Waals surface area (Å²) in [5, 5.41) is 36.4. The highest BCUT2D eigenvalue weighted by Crippen LogP contribution is 2.35. The molecule has 0 atom stereocenters. The van der Waals surface area contributed by atoms with E-state index in [1.807, 2.05) is 0 Å². The predicted octanol–water partition coefficient (Wildman–Crippen LogP) is 4.93. The molecule has 0 saturated carbocycles. The van der Waals surface area contributed by atoms with Crippen molar-refractivity contribution in [2.75, 3.05) is 6.54 Å². The molecule has 3 heterocycles. The highest BCUT2D eigenvalue weighted by Gasteiger charge is 2.37. The van der Waals surface area contributed by atoms with Gasteiger partial charge in [0.05, 0.1) is 57.4 Å². The molecule has 5 aromatic rings. The van der Waals surface area contributed by atoms with Gasteiger partial charge in [-0.25, -0.2) is 23.9 Å². The van der Waals surface area contributed by atoms with Gasteiger partial charge in [-0.3, -0.25) is 4.79 Å². The first-order valence-electron chi connectivity index (χ1n) is 13.2. The minimum Gasteiger partial charge on any atom is -0.478 e. The molecule has 19 heteroatoms. The zero-order valence-electron chi connectivity index (χ0n) is 23.8. The Morgan fingerprint density at radius 3 is 1.54 bits per heavy atom. The second kappa shape index (κ2) is 12.4. The number of carbonyl (C=O) groups is 3. The Morgan fingerprint density at radius 1 is 0.729 bits per heavy atom. The van der Waals surface area contributed by atoms with E-state index in [9.17, 15) is 50.9 Å². The molecular weight excluding hydrogens is 654 g/mol. The van der Waals surface area contributed by atoms with E-state index < -0.39 is 52.5 Å². The number of hydrogen-bond donors (Lipinski definition) is 3. The number of aromatic carboxylic acids is 2. The molecule has 5 rings (SSSR count). The summed E-state index contributed by atoms with van der Waals surface area (Å²) in [7, 11) is 0. The number of carboxylic acid groups (broad SMARTS) is 2. The van der Waals surface area contributed by atoms with E-state index in [1.54, 1.807) is 0 Å². The van der Waals surface area contributed by atoms with Gasteiger partial charge in [0, 0.05) is 12.1 Å². The fraction of sp³-hybridized carbons (Fsp3) is 0.103. The lowest BCUT2D eigenvalue weighted by Gasteiger charge is -2.12. The monoisotopic (exact) mass is 672 g/mol. The predicted molar refractivity (Wildman–Crippen MR) is 151 cm³/mol. The zero-order chi connectivity index (χ0) is 35.0. The Labute approximate surface area is 263 Å². The average molecular weight is 673 g/mol. The fourth-order valence-electron chi connectivity index (χ4n) is 4.40. The van der Waals surface area contributed by atoms with Crippen molar-refractivity contribution in [3.05, 3.63) is 101 Å². The third kappa shape index (κ3) is 6.73. The van der Waals surface area contributed by atoms with E-state index in [2.05, 4.69) is 37.5 Å². The number of aromatic nitrogens is 7. The lowest BCUT2D eigenvalue weighted by atomic mass is 10.1. The van der Waals surface area contributed by atoms with Crippen LogP contribution in [0.5, 0.6) is 0 Å². The number of nitrogens with zero attached hydrogens (tertiary/aromatic N) is 7. The number of amides is 1. The van der Waals surface area contributed by atoms with Gasteiger partial charge in [0.2, 0.25) is 0 Å². The molecular formula is C29H18F6N8O5. The highest BCUT2D eigenvalue weighted by atomic mass is 19.4. The van der Waals surface area contributed by atoms with E-state index in [1.165, 1.54) is 30.6 Å². The van der Waals surface area contributed by atoms with Crippen LogP contribution in [0.4, 0.5) is 26.3 Å². The molecule has 0 aliphatic rings. The van der Waals surface area contributed by atoms with E-state index in [-0.39, 0.29) is 46.3 Å². The first kappa shape index (κ1) is 33.0. The van der Waals surface area contributed by atoms with Crippen LogP contribution < -0.4 is 5.32 Å². The van der Waals surface area contributed by atoms with E-state index in [4.69, 9.17) is 0 Å². The second-order valence-corrected chi connectivity index (χ2v) is 9.79. The van der Waals surface area contributed by atoms with Gasteiger partial charge < -0.3 is 15.5 Å². The lowest BCUT2D eigenvalue weighted by Crippen LogP contribution is -2.23. The Morgan fingerprint density at radius 2 is 1.17 bits per heavy atom. The molecule has 48 heavy (non-hydrogen) atoms. The SMILES string of the molecule is C=CCNC(=O)c1cc(-c2cn(-c3ccc(C(=O)O)c(C(F)(F)F)c3)nn2)nc(-c2cn(-c3ccc(C(=O)O)c(C(F)(F)F)c3)nn2)c1. The average Bonchev–Trinajstić information content (AvgIpc) is 3.73. The molecule has 0 unspecified atom stereocenters. The maximum absolute atomic E-state index is 13.6. The number of halogens is 6. The number of hydrogen-bond acceptors (Lipinski definition) is 8. The standard InChI is InChI=1S/C29H18F6N8O5/c1-2-7-36-25(44)14-8-21(23-12-42(40-38-23)15-3-5-17(26(45)46)19(10-15)28(30,31)32)37-22(9-14)24-13-43(41-39-24)16-4-6-18(27(47)48)20(11-16)29(33,34)35/h2-6,8-13H,1,7H2,(H,36,44)(H,45,46)(H,47,48). The third-order valence-electron chi connectivity index (χ3n) is 6.61. The minimum absolute atomic E-state index is 0.00344. The Kier molecular flexibility index (Phi) is 8.53. The van der Waals surface area contributed by atoms with Gasteiger partial charge in [-0.1, -0.05) is 16.5 Å². The molecule has 0 aliphatic heterocycles. The summed E-state index contributed by atoms with van der Waals surface area (Å²) in [6.07, 6.45) is -6.24. The highest BCUT2D eigenvalue weighted by molar-refractivity contribution is 5.96. The summed E-state index contributed by atoms with van der Waals surface area (Å²) in [6, 6.07) is 7.42. The van der Waals surface area contributed by atoms with Crippen LogP contribution in [-0.2, 0) is 12.4 Å². The first-order chi connectivity index (χ1) is 22.6. The van der Waals surface area contributed by atoms with Crippen molar-refractivity contribution < 1.29 is 50.9 Å². The van der Waals surface area contributed by atoms with Crippen molar-refractivity contribution in [2.45, 2.75) is 12.4 Å². The number of benzene rings is 2. The van der Waals surface area contributed by atoms with Crippen molar-refractivity contribution in [3.63, 3.8) is 0 Å². The summed E-state index contributed by atoms with van der Waals surface area (Å²) in [5.41, 5.74) is -5.33. The summed E-state index contributed by atoms with van der Waals surface area (Å²) in [4.78, 5) is 39.9. The second-order valence-electron chi connectivity index (χ2n) is 9.79. The number of carbonyl (C=O) groups excluding carboxylic acids is 1. The van der Waals surface area contributed by atoms with Gasteiger partial charge in [-0.15, -0.1) is 16.8 Å². The molecule has 1 amide bonds. The summed E-state index contributed by atoms with van der Waals surface area (Å²) in [5.74, 6) is -4.18. The van der Waals surface area contributed by atoms with Crippen LogP contribution in [-0.4, -0.2) is 69.6 Å². The van der Waals surface area contributed by atoms with Gasteiger partial charge in [0.1, 0.15) is 11.4 Å². The van der Waals surface area contributed by atoms with Gasteiger partial charge in [0.15, 0.2) is 0 Å². The van der Waals surface area contributed by atoms with E-state index in [0.29, 0.717) is 12.1 Å². The molecule has 2 aromatic carbocycles. The van der Waals surface area contributed by atoms with Crippen molar-refractivity contribution in [1.82, 2.24) is 40.3 Å². The number of alkyl halides is 6. The molecule has 0 fully saturated rings. The summed E-state index contributed by atoms with van der Waals surface area (Å²) < 4.78 is 83.3. The summed E-state index contributed by atoms with van der Waals surface area (Å²) >= 11 is 0. The zero-order valence-corrected chi connectivity index (χ0v) is 23.8. The molecule has 3 aromatic heterocycles. The van der Waals surface area contributed by atoms with Crippen molar-refractivity contribution in [3.8, 4) is 34.2 Å². The van der Waals surface area contributed by atoms with Crippen LogP contribution in [0.3, 0.4) is 0 Å². The van der Waals surface area contributed by atoms with Gasteiger partial charge in [-0.2, -0.15) is 26.3 Å². The van der Waals surface area contributed by atoms with Crippen molar-refractivity contribution >= 4 is 17.8 Å². The molecule has 0 spiro atoms.